The van der Waals surface area contributed by atoms with Crippen LogP contribution in [0.25, 0.3) is 33.4 Å². The van der Waals surface area contributed by atoms with Gasteiger partial charge in [-0.05, 0) is 60.7 Å². The van der Waals surface area contributed by atoms with Crippen LogP contribution in [0.3, 0.4) is 0 Å². The summed E-state index contributed by atoms with van der Waals surface area (Å²) in [6.07, 6.45) is 1.94. The molecule has 0 spiro atoms. The highest BCUT2D eigenvalue weighted by Gasteiger charge is 2.37. The zero-order valence-corrected chi connectivity index (χ0v) is 18.4. The molecule has 4 aromatic rings. The molecule has 1 aromatic heterocycles. The maximum atomic E-state index is 15.5. The molecule has 4 nitrogen and oxygen atoms in total. The van der Waals surface area contributed by atoms with E-state index in [9.17, 15) is 9.90 Å². The molecule has 0 amide bonds. The number of hydrogen-bond acceptors (Lipinski definition) is 3. The summed E-state index contributed by atoms with van der Waals surface area (Å²) in [5.74, 6) is -1.67. The SMILES string of the molecule is O=C(O)C1CCN(C2CCc3c2cc2cc(-c4cccc(-c5ccccc5)c4F)oc2c3F)C1. The zero-order chi connectivity index (χ0) is 23.4. The minimum absolute atomic E-state index is 0.00487. The van der Waals surface area contributed by atoms with Gasteiger partial charge in [0.25, 0.3) is 0 Å². The van der Waals surface area contributed by atoms with Gasteiger partial charge in [0.05, 0.1) is 11.5 Å². The number of hydrogen-bond donors (Lipinski definition) is 1. The maximum Gasteiger partial charge on any atom is 0.307 e. The lowest BCUT2D eigenvalue weighted by atomic mass is 10.0. The Balaban J connectivity index is 1.39. The van der Waals surface area contributed by atoms with E-state index >= 15 is 8.78 Å². The first kappa shape index (κ1) is 21.1. The summed E-state index contributed by atoms with van der Waals surface area (Å²) < 4.78 is 36.9. The van der Waals surface area contributed by atoms with Crippen LogP contribution in [0.15, 0.2) is 65.1 Å². The van der Waals surface area contributed by atoms with Gasteiger partial charge < -0.3 is 9.52 Å². The zero-order valence-electron chi connectivity index (χ0n) is 18.4. The van der Waals surface area contributed by atoms with E-state index in [2.05, 4.69) is 4.90 Å². The Kier molecular flexibility index (Phi) is 4.99. The van der Waals surface area contributed by atoms with Gasteiger partial charge in [-0.2, -0.15) is 0 Å². The molecule has 1 N–H and O–H groups in total. The molecule has 0 radical (unpaired) electrons. The van der Waals surface area contributed by atoms with Crippen LogP contribution < -0.4 is 0 Å². The van der Waals surface area contributed by atoms with Gasteiger partial charge in [0.15, 0.2) is 11.4 Å². The Morgan fingerprint density at radius 2 is 1.76 bits per heavy atom. The minimum Gasteiger partial charge on any atom is -0.481 e. The Bertz CT molecular complexity index is 1410. The Labute approximate surface area is 195 Å². The Hall–Kier alpha value is -3.51. The van der Waals surface area contributed by atoms with Crippen molar-refractivity contribution in [1.82, 2.24) is 4.90 Å². The summed E-state index contributed by atoms with van der Waals surface area (Å²) in [6, 6.07) is 18.0. The van der Waals surface area contributed by atoms with E-state index in [4.69, 9.17) is 4.42 Å². The number of nitrogens with zero attached hydrogens (tertiary/aromatic N) is 1. The molecule has 1 fully saturated rings. The molecular formula is C28H23F2NO3. The maximum absolute atomic E-state index is 15.5. The largest absolute Gasteiger partial charge is 0.481 e. The van der Waals surface area contributed by atoms with Crippen molar-refractivity contribution in [2.45, 2.75) is 25.3 Å². The number of carboxylic acid groups (broad SMARTS) is 1. The number of halogens is 2. The van der Waals surface area contributed by atoms with Gasteiger partial charge in [-0.3, -0.25) is 9.69 Å². The van der Waals surface area contributed by atoms with Gasteiger partial charge in [0.1, 0.15) is 11.6 Å². The molecule has 3 aromatic carbocycles. The normalized spacial score (nSPS) is 20.2. The molecule has 2 aliphatic rings. The van der Waals surface area contributed by atoms with Gasteiger partial charge in [-0.25, -0.2) is 8.78 Å². The second-order valence-corrected chi connectivity index (χ2v) is 9.19. The van der Waals surface area contributed by atoms with Crippen LogP contribution in [0, 0.1) is 17.6 Å². The van der Waals surface area contributed by atoms with Gasteiger partial charge in [0.2, 0.25) is 0 Å². The number of likely N-dealkylation sites (tertiary alicyclic amines) is 1. The van der Waals surface area contributed by atoms with Gasteiger partial charge in [0, 0.05) is 23.5 Å². The second kappa shape index (κ2) is 8.06. The van der Waals surface area contributed by atoms with E-state index in [1.165, 1.54) is 0 Å². The highest BCUT2D eigenvalue weighted by Crippen LogP contribution is 2.44. The molecule has 0 saturated carbocycles. The fourth-order valence-electron chi connectivity index (χ4n) is 5.54. The van der Waals surface area contributed by atoms with E-state index in [1.54, 1.807) is 24.3 Å². The smallest absolute Gasteiger partial charge is 0.307 e. The molecule has 6 rings (SSSR count). The molecule has 1 aliphatic carbocycles. The third-order valence-corrected chi connectivity index (χ3v) is 7.27. The summed E-state index contributed by atoms with van der Waals surface area (Å²) in [6.45, 7) is 1.17. The number of carboxylic acids is 1. The summed E-state index contributed by atoms with van der Waals surface area (Å²) in [4.78, 5) is 13.5. The van der Waals surface area contributed by atoms with E-state index in [1.807, 2.05) is 36.4 Å². The average molecular weight is 459 g/mol. The molecule has 6 heteroatoms. The van der Waals surface area contributed by atoms with Crippen molar-refractivity contribution < 1.29 is 23.1 Å². The van der Waals surface area contributed by atoms with Crippen LogP contribution in [-0.2, 0) is 11.2 Å². The van der Waals surface area contributed by atoms with Crippen molar-refractivity contribution in [3.8, 4) is 22.5 Å². The quantitative estimate of drug-likeness (QED) is 0.382. The number of furan rings is 1. The highest BCUT2D eigenvalue weighted by molar-refractivity contribution is 5.86. The van der Waals surface area contributed by atoms with Gasteiger partial charge in [-0.1, -0.05) is 42.5 Å². The van der Waals surface area contributed by atoms with Crippen LogP contribution in [0.5, 0.6) is 0 Å². The monoisotopic (exact) mass is 459 g/mol. The van der Waals surface area contributed by atoms with Crippen LogP contribution in [-0.4, -0.2) is 29.1 Å². The van der Waals surface area contributed by atoms with Crippen molar-refractivity contribution in [2.24, 2.45) is 5.92 Å². The summed E-state index contributed by atoms with van der Waals surface area (Å²) in [5.41, 5.74) is 3.17. The molecule has 1 aliphatic heterocycles. The third-order valence-electron chi connectivity index (χ3n) is 7.27. The van der Waals surface area contributed by atoms with E-state index in [0.29, 0.717) is 42.4 Å². The molecule has 172 valence electrons. The Morgan fingerprint density at radius 1 is 0.971 bits per heavy atom. The number of aliphatic carboxylic acids is 1. The third kappa shape index (κ3) is 3.32. The molecule has 1 saturated heterocycles. The lowest BCUT2D eigenvalue weighted by molar-refractivity contribution is -0.141. The lowest BCUT2D eigenvalue weighted by Crippen LogP contribution is -2.26. The molecular weight excluding hydrogens is 436 g/mol. The first-order valence-corrected chi connectivity index (χ1v) is 11.6. The van der Waals surface area contributed by atoms with Gasteiger partial charge >= 0.3 is 5.97 Å². The second-order valence-electron chi connectivity index (χ2n) is 9.19. The standard InChI is InChI=1S/C28H23F2NO3/c29-25-19(16-5-2-1-3-6-16)7-4-8-21(25)24-14-18-13-22-20(26(30)27(18)34-24)9-10-23(22)31-12-11-17(15-31)28(32)33/h1-8,13-14,17,23H,9-12,15H2,(H,32,33). The van der Waals surface area contributed by atoms with Crippen molar-refractivity contribution in [3.63, 3.8) is 0 Å². The van der Waals surface area contributed by atoms with Crippen LogP contribution in [0.4, 0.5) is 8.78 Å². The van der Waals surface area contributed by atoms with Crippen LogP contribution >= 0.6 is 0 Å². The first-order chi connectivity index (χ1) is 16.5. The summed E-state index contributed by atoms with van der Waals surface area (Å²) in [5, 5.41) is 9.94. The molecule has 0 bridgehead atoms. The summed E-state index contributed by atoms with van der Waals surface area (Å²) >= 11 is 0. The van der Waals surface area contributed by atoms with Crippen molar-refractivity contribution in [1.29, 1.82) is 0 Å². The van der Waals surface area contributed by atoms with Crippen LogP contribution in [0.1, 0.15) is 30.0 Å². The first-order valence-electron chi connectivity index (χ1n) is 11.6. The molecule has 34 heavy (non-hydrogen) atoms. The van der Waals surface area contributed by atoms with Crippen molar-refractivity contribution in [3.05, 3.63) is 83.4 Å². The number of carbonyl (C=O) groups is 1. The van der Waals surface area contributed by atoms with Crippen LogP contribution in [0.2, 0.25) is 0 Å². The van der Waals surface area contributed by atoms with E-state index < -0.39 is 17.6 Å². The van der Waals surface area contributed by atoms with Crippen molar-refractivity contribution in [2.75, 3.05) is 13.1 Å². The van der Waals surface area contributed by atoms with Gasteiger partial charge in [-0.15, -0.1) is 0 Å². The predicted molar refractivity (Wildman–Crippen MR) is 125 cm³/mol. The topological polar surface area (TPSA) is 53.7 Å². The average Bonchev–Trinajstić information content (AvgIpc) is 3.58. The molecule has 2 heterocycles. The number of rotatable bonds is 4. The molecule has 2 unspecified atom stereocenters. The van der Waals surface area contributed by atoms with E-state index in [0.717, 1.165) is 17.5 Å². The fraction of sp³-hybridized carbons (Fsp3) is 0.250. The predicted octanol–water partition coefficient (Wildman–Crippen LogP) is 6.44. The minimum atomic E-state index is -0.776. The highest BCUT2D eigenvalue weighted by atomic mass is 19.1. The number of fused-ring (bicyclic) bond motifs is 2. The van der Waals surface area contributed by atoms with Crippen molar-refractivity contribution >= 4 is 16.9 Å². The van der Waals surface area contributed by atoms with E-state index in [-0.39, 0.29) is 28.9 Å². The lowest BCUT2D eigenvalue weighted by Gasteiger charge is -2.24. The fourth-order valence-corrected chi connectivity index (χ4v) is 5.54. The number of benzene rings is 3. The molecule has 2 atom stereocenters. The Morgan fingerprint density at radius 3 is 2.53 bits per heavy atom. The summed E-state index contributed by atoms with van der Waals surface area (Å²) in [7, 11) is 0.